The SMILES string of the molecule is CN=C(NCc1cn2ccsc2n1)N1CCOC(c2ccc(C)cc2C)C1.I. The Labute approximate surface area is 186 Å². The van der Waals surface area contributed by atoms with E-state index in [2.05, 4.69) is 62.8 Å². The van der Waals surface area contributed by atoms with E-state index in [4.69, 9.17) is 4.74 Å². The molecule has 3 aromatic rings. The number of ether oxygens (including phenoxy) is 1. The third kappa shape index (κ3) is 4.49. The number of hydrogen-bond donors (Lipinski definition) is 1. The molecule has 1 fully saturated rings. The van der Waals surface area contributed by atoms with E-state index in [0.717, 1.165) is 29.7 Å². The Bertz CT molecular complexity index is 938. The first-order valence-electron chi connectivity index (χ1n) is 9.19. The van der Waals surface area contributed by atoms with E-state index < -0.39 is 0 Å². The van der Waals surface area contributed by atoms with E-state index in [9.17, 15) is 0 Å². The van der Waals surface area contributed by atoms with Crippen molar-refractivity contribution in [2.45, 2.75) is 26.5 Å². The van der Waals surface area contributed by atoms with Gasteiger partial charge in [0.05, 0.1) is 25.4 Å². The van der Waals surface area contributed by atoms with Crippen molar-refractivity contribution in [3.63, 3.8) is 0 Å². The largest absolute Gasteiger partial charge is 0.370 e. The average Bonchev–Trinajstić information content (AvgIpc) is 3.24. The maximum Gasteiger partial charge on any atom is 0.194 e. The first-order valence-corrected chi connectivity index (χ1v) is 10.1. The summed E-state index contributed by atoms with van der Waals surface area (Å²) in [7, 11) is 1.83. The van der Waals surface area contributed by atoms with Crippen LogP contribution in [0, 0.1) is 13.8 Å². The third-order valence-electron chi connectivity index (χ3n) is 4.92. The number of aliphatic imine (C=N–C) groups is 1. The molecule has 8 heteroatoms. The Morgan fingerprint density at radius 2 is 2.25 bits per heavy atom. The van der Waals surface area contributed by atoms with Crippen molar-refractivity contribution in [3.8, 4) is 0 Å². The van der Waals surface area contributed by atoms with Crippen molar-refractivity contribution in [2.75, 3.05) is 26.7 Å². The van der Waals surface area contributed by atoms with Crippen LogP contribution in [0.15, 0.2) is 41.0 Å². The molecule has 1 aliphatic rings. The van der Waals surface area contributed by atoms with Gasteiger partial charge in [-0.15, -0.1) is 35.3 Å². The van der Waals surface area contributed by atoms with Crippen LogP contribution in [0.25, 0.3) is 4.96 Å². The van der Waals surface area contributed by atoms with Gasteiger partial charge >= 0.3 is 0 Å². The summed E-state index contributed by atoms with van der Waals surface area (Å²) in [5.74, 6) is 0.893. The highest BCUT2D eigenvalue weighted by Crippen LogP contribution is 2.26. The number of imidazole rings is 1. The second kappa shape index (κ2) is 9.23. The Morgan fingerprint density at radius 3 is 3.00 bits per heavy atom. The zero-order valence-electron chi connectivity index (χ0n) is 16.4. The van der Waals surface area contributed by atoms with Crippen LogP contribution >= 0.6 is 35.3 Å². The summed E-state index contributed by atoms with van der Waals surface area (Å²) in [5.41, 5.74) is 4.83. The lowest BCUT2D eigenvalue weighted by Crippen LogP contribution is -2.48. The molecule has 0 radical (unpaired) electrons. The first kappa shape index (κ1) is 21.1. The average molecular weight is 511 g/mol. The zero-order valence-corrected chi connectivity index (χ0v) is 19.5. The van der Waals surface area contributed by atoms with Crippen LogP contribution in [-0.4, -0.2) is 47.0 Å². The monoisotopic (exact) mass is 511 g/mol. The topological polar surface area (TPSA) is 54.2 Å². The van der Waals surface area contributed by atoms with Gasteiger partial charge in [0.25, 0.3) is 0 Å². The van der Waals surface area contributed by atoms with Gasteiger partial charge < -0.3 is 15.0 Å². The molecular formula is C20H26IN5OS. The Morgan fingerprint density at radius 1 is 1.39 bits per heavy atom. The van der Waals surface area contributed by atoms with Gasteiger partial charge in [0.2, 0.25) is 0 Å². The van der Waals surface area contributed by atoms with E-state index in [1.165, 1.54) is 16.7 Å². The van der Waals surface area contributed by atoms with Crippen LogP contribution in [0.4, 0.5) is 0 Å². The second-order valence-electron chi connectivity index (χ2n) is 6.89. The molecule has 150 valence electrons. The molecule has 2 aromatic heterocycles. The number of thiazole rings is 1. The summed E-state index contributed by atoms with van der Waals surface area (Å²) < 4.78 is 8.11. The lowest BCUT2D eigenvalue weighted by atomic mass is 10.00. The maximum atomic E-state index is 6.06. The van der Waals surface area contributed by atoms with Crippen LogP contribution in [0.5, 0.6) is 0 Å². The maximum absolute atomic E-state index is 6.06. The van der Waals surface area contributed by atoms with Crippen LogP contribution in [0.1, 0.15) is 28.5 Å². The van der Waals surface area contributed by atoms with Crippen LogP contribution < -0.4 is 5.32 Å². The van der Waals surface area contributed by atoms with Gasteiger partial charge in [0.15, 0.2) is 10.9 Å². The molecule has 1 N–H and O–H groups in total. The quantitative estimate of drug-likeness (QED) is 0.331. The molecule has 1 unspecified atom stereocenters. The van der Waals surface area contributed by atoms with Crippen molar-refractivity contribution in [3.05, 3.63) is 58.4 Å². The van der Waals surface area contributed by atoms with Crippen molar-refractivity contribution >= 4 is 46.2 Å². The normalized spacial score (nSPS) is 17.6. The highest BCUT2D eigenvalue weighted by Gasteiger charge is 2.25. The molecule has 0 aliphatic carbocycles. The van der Waals surface area contributed by atoms with Gasteiger partial charge in [-0.1, -0.05) is 23.8 Å². The minimum absolute atomic E-state index is 0. The van der Waals surface area contributed by atoms with Crippen molar-refractivity contribution < 1.29 is 4.74 Å². The molecule has 0 bridgehead atoms. The van der Waals surface area contributed by atoms with Crippen molar-refractivity contribution in [1.29, 1.82) is 0 Å². The lowest BCUT2D eigenvalue weighted by Gasteiger charge is -2.35. The van der Waals surface area contributed by atoms with Gasteiger partial charge in [-0.2, -0.15) is 0 Å². The molecule has 28 heavy (non-hydrogen) atoms. The molecular weight excluding hydrogens is 485 g/mol. The fourth-order valence-electron chi connectivity index (χ4n) is 3.58. The Kier molecular flexibility index (Phi) is 6.95. The van der Waals surface area contributed by atoms with E-state index >= 15 is 0 Å². The van der Waals surface area contributed by atoms with E-state index in [1.807, 2.05) is 18.6 Å². The standard InChI is InChI=1S/C20H25N5OS.HI/c1-14-4-5-17(15(2)10-14)18-13-24(6-8-26-18)19(21-3)22-11-16-12-25-7-9-27-20(25)23-16;/h4-5,7,9-10,12,18H,6,8,11,13H2,1-3H3,(H,21,22);1H. The van der Waals surface area contributed by atoms with Crippen molar-refractivity contribution in [2.24, 2.45) is 4.99 Å². The highest BCUT2D eigenvalue weighted by atomic mass is 127. The van der Waals surface area contributed by atoms with E-state index in [0.29, 0.717) is 13.2 Å². The number of morpholine rings is 1. The summed E-state index contributed by atoms with van der Waals surface area (Å²) >= 11 is 1.64. The van der Waals surface area contributed by atoms with Gasteiger partial charge in [0, 0.05) is 31.4 Å². The smallest absolute Gasteiger partial charge is 0.194 e. The fraction of sp³-hybridized carbons (Fsp3) is 0.400. The third-order valence-corrected chi connectivity index (χ3v) is 5.69. The van der Waals surface area contributed by atoms with Gasteiger partial charge in [-0.25, -0.2) is 4.98 Å². The number of aryl methyl sites for hydroxylation is 2. The Hall–Kier alpha value is -1.65. The molecule has 3 heterocycles. The number of nitrogens with zero attached hydrogens (tertiary/aromatic N) is 4. The molecule has 1 atom stereocenters. The predicted octanol–water partition coefficient (Wildman–Crippen LogP) is 3.78. The van der Waals surface area contributed by atoms with E-state index in [-0.39, 0.29) is 30.1 Å². The summed E-state index contributed by atoms with van der Waals surface area (Å²) in [6.45, 7) is 7.26. The number of guanidine groups is 1. The van der Waals surface area contributed by atoms with Crippen LogP contribution in [-0.2, 0) is 11.3 Å². The minimum Gasteiger partial charge on any atom is -0.370 e. The van der Waals surface area contributed by atoms with E-state index in [1.54, 1.807) is 11.3 Å². The number of aromatic nitrogens is 2. The number of nitrogens with one attached hydrogen (secondary N) is 1. The number of benzene rings is 1. The molecule has 4 rings (SSSR count). The van der Waals surface area contributed by atoms with Gasteiger partial charge in [0.1, 0.15) is 6.10 Å². The molecule has 6 nitrogen and oxygen atoms in total. The number of hydrogen-bond acceptors (Lipinski definition) is 4. The summed E-state index contributed by atoms with van der Waals surface area (Å²) in [5, 5.41) is 5.49. The van der Waals surface area contributed by atoms with Gasteiger partial charge in [-0.05, 0) is 25.0 Å². The summed E-state index contributed by atoms with van der Waals surface area (Å²) in [4.78, 5) is 12.4. The molecule has 1 aliphatic heterocycles. The summed E-state index contributed by atoms with van der Waals surface area (Å²) in [6, 6.07) is 6.56. The van der Waals surface area contributed by atoms with Gasteiger partial charge in [-0.3, -0.25) is 9.39 Å². The number of rotatable bonds is 3. The predicted molar refractivity (Wildman–Crippen MR) is 125 cm³/mol. The second-order valence-corrected chi connectivity index (χ2v) is 7.76. The molecule has 1 saturated heterocycles. The zero-order chi connectivity index (χ0) is 18.8. The van der Waals surface area contributed by atoms with Crippen LogP contribution in [0.2, 0.25) is 0 Å². The molecule has 0 saturated carbocycles. The van der Waals surface area contributed by atoms with Crippen molar-refractivity contribution in [1.82, 2.24) is 19.6 Å². The molecule has 1 aromatic carbocycles. The Balaban J connectivity index is 0.00000225. The molecule has 0 spiro atoms. The fourth-order valence-corrected chi connectivity index (χ4v) is 4.30. The first-order chi connectivity index (χ1) is 13.1. The molecule has 0 amide bonds. The number of fused-ring (bicyclic) bond motifs is 1. The minimum atomic E-state index is 0. The summed E-state index contributed by atoms with van der Waals surface area (Å²) in [6.07, 6.45) is 4.15. The number of halogens is 1. The lowest BCUT2D eigenvalue weighted by molar-refractivity contribution is -0.00834. The highest BCUT2D eigenvalue weighted by molar-refractivity contribution is 14.0. The van der Waals surface area contributed by atoms with Crippen LogP contribution in [0.3, 0.4) is 0 Å².